The number of aliphatic hydroxyl groups is 3. The SMILES string of the molecule is CCCC/C=C/CC(O)CN(CCO)CC(O)C/C=C/CCCC. The molecule has 0 amide bonds. The summed E-state index contributed by atoms with van der Waals surface area (Å²) in [6.45, 7) is 5.81. The third kappa shape index (κ3) is 14.9. The van der Waals surface area contributed by atoms with Crippen molar-refractivity contribution in [2.45, 2.75) is 77.4 Å². The molecule has 0 aromatic rings. The molecule has 2 atom stereocenters. The van der Waals surface area contributed by atoms with E-state index in [0.717, 1.165) is 12.8 Å². The third-order valence-electron chi connectivity index (χ3n) is 3.95. The minimum absolute atomic E-state index is 0.0398. The Bertz CT molecular complexity index is 290. The van der Waals surface area contributed by atoms with Crippen molar-refractivity contribution >= 4 is 0 Å². The van der Waals surface area contributed by atoms with Crippen molar-refractivity contribution in [3.63, 3.8) is 0 Å². The zero-order chi connectivity index (χ0) is 18.0. The molecule has 0 aromatic heterocycles. The Morgan fingerprint density at radius 2 is 1.25 bits per heavy atom. The van der Waals surface area contributed by atoms with Gasteiger partial charge >= 0.3 is 0 Å². The number of allylic oxidation sites excluding steroid dienone is 2. The predicted octanol–water partition coefficient (Wildman–Crippen LogP) is 3.28. The summed E-state index contributed by atoms with van der Waals surface area (Å²) in [5, 5.41) is 29.4. The maximum atomic E-state index is 10.1. The van der Waals surface area contributed by atoms with Gasteiger partial charge < -0.3 is 15.3 Å². The fourth-order valence-electron chi connectivity index (χ4n) is 2.53. The third-order valence-corrected chi connectivity index (χ3v) is 3.95. The van der Waals surface area contributed by atoms with Crippen LogP contribution in [-0.4, -0.2) is 58.7 Å². The molecule has 0 fully saturated rings. The molecular weight excluding hydrogens is 302 g/mol. The minimum Gasteiger partial charge on any atom is -0.395 e. The van der Waals surface area contributed by atoms with Gasteiger partial charge in [-0.3, -0.25) is 4.90 Å². The van der Waals surface area contributed by atoms with E-state index in [0.29, 0.717) is 32.5 Å². The van der Waals surface area contributed by atoms with Gasteiger partial charge in [0.25, 0.3) is 0 Å². The molecule has 24 heavy (non-hydrogen) atoms. The van der Waals surface area contributed by atoms with Crippen LogP contribution in [0.4, 0.5) is 0 Å². The van der Waals surface area contributed by atoms with Crippen molar-refractivity contribution in [3.05, 3.63) is 24.3 Å². The zero-order valence-corrected chi connectivity index (χ0v) is 15.7. The Morgan fingerprint density at radius 3 is 1.62 bits per heavy atom. The quantitative estimate of drug-likeness (QED) is 0.298. The molecule has 4 heteroatoms. The van der Waals surface area contributed by atoms with Crippen LogP contribution in [0.25, 0.3) is 0 Å². The Labute approximate surface area is 148 Å². The van der Waals surface area contributed by atoms with Crippen LogP contribution >= 0.6 is 0 Å². The van der Waals surface area contributed by atoms with Gasteiger partial charge in [0, 0.05) is 19.6 Å². The second-order valence-electron chi connectivity index (χ2n) is 6.49. The first kappa shape index (κ1) is 23.3. The van der Waals surface area contributed by atoms with Gasteiger partial charge in [0.05, 0.1) is 18.8 Å². The molecule has 0 aliphatic rings. The summed E-state index contributed by atoms with van der Waals surface area (Å²) in [7, 11) is 0. The van der Waals surface area contributed by atoms with Crippen LogP contribution in [0.1, 0.15) is 65.2 Å². The van der Waals surface area contributed by atoms with E-state index in [1.54, 1.807) is 0 Å². The summed E-state index contributed by atoms with van der Waals surface area (Å²) in [6.07, 6.45) is 15.5. The van der Waals surface area contributed by atoms with E-state index in [9.17, 15) is 15.3 Å². The van der Waals surface area contributed by atoms with E-state index < -0.39 is 12.2 Å². The van der Waals surface area contributed by atoms with E-state index in [-0.39, 0.29) is 6.61 Å². The number of nitrogens with zero attached hydrogens (tertiary/aromatic N) is 1. The zero-order valence-electron chi connectivity index (χ0n) is 15.7. The fourth-order valence-corrected chi connectivity index (χ4v) is 2.53. The van der Waals surface area contributed by atoms with Gasteiger partial charge in [0.2, 0.25) is 0 Å². The van der Waals surface area contributed by atoms with Crippen molar-refractivity contribution in [3.8, 4) is 0 Å². The molecule has 142 valence electrons. The lowest BCUT2D eigenvalue weighted by Crippen LogP contribution is -2.39. The molecule has 0 bridgehead atoms. The maximum Gasteiger partial charge on any atom is 0.0701 e. The average molecular weight is 342 g/mol. The highest BCUT2D eigenvalue weighted by Gasteiger charge is 2.14. The number of rotatable bonds is 16. The number of unbranched alkanes of at least 4 members (excludes halogenated alkanes) is 4. The van der Waals surface area contributed by atoms with Gasteiger partial charge in [-0.2, -0.15) is 0 Å². The van der Waals surface area contributed by atoms with Crippen molar-refractivity contribution in [2.24, 2.45) is 0 Å². The predicted molar refractivity (Wildman–Crippen MR) is 102 cm³/mol. The van der Waals surface area contributed by atoms with Gasteiger partial charge in [-0.15, -0.1) is 0 Å². The van der Waals surface area contributed by atoms with Crippen molar-refractivity contribution < 1.29 is 15.3 Å². The first-order valence-electron chi connectivity index (χ1n) is 9.63. The molecule has 0 saturated heterocycles. The normalized spacial score (nSPS) is 14.9. The molecule has 0 heterocycles. The topological polar surface area (TPSA) is 63.9 Å². The summed E-state index contributed by atoms with van der Waals surface area (Å²) in [4.78, 5) is 1.94. The highest BCUT2D eigenvalue weighted by molar-refractivity contribution is 4.87. The van der Waals surface area contributed by atoms with Gasteiger partial charge in [-0.25, -0.2) is 0 Å². The highest BCUT2D eigenvalue weighted by Crippen LogP contribution is 2.05. The largest absolute Gasteiger partial charge is 0.395 e. The molecular formula is C20H39NO3. The standard InChI is InChI=1S/C20H39NO3/c1-3-5-7-9-11-13-19(23)17-21(15-16-22)18-20(24)14-12-10-8-6-4-2/h9-12,19-20,22-24H,3-8,13-18H2,1-2H3/b11-9+,12-10+. The molecule has 3 N–H and O–H groups in total. The van der Waals surface area contributed by atoms with E-state index >= 15 is 0 Å². The van der Waals surface area contributed by atoms with Crippen LogP contribution in [-0.2, 0) is 0 Å². The van der Waals surface area contributed by atoms with Gasteiger partial charge in [0.15, 0.2) is 0 Å². The summed E-state index contributed by atoms with van der Waals surface area (Å²) >= 11 is 0. The molecule has 4 nitrogen and oxygen atoms in total. The molecule has 0 aliphatic carbocycles. The fraction of sp³-hybridized carbons (Fsp3) is 0.800. The van der Waals surface area contributed by atoms with E-state index in [1.807, 2.05) is 17.1 Å². The van der Waals surface area contributed by atoms with Crippen molar-refractivity contribution in [1.29, 1.82) is 0 Å². The minimum atomic E-state index is -0.457. The summed E-state index contributed by atoms with van der Waals surface area (Å²) < 4.78 is 0. The molecule has 2 unspecified atom stereocenters. The lowest BCUT2D eigenvalue weighted by Gasteiger charge is -2.26. The summed E-state index contributed by atoms with van der Waals surface area (Å²) in [5.74, 6) is 0. The highest BCUT2D eigenvalue weighted by atomic mass is 16.3. The van der Waals surface area contributed by atoms with Gasteiger partial charge in [-0.05, 0) is 25.7 Å². The van der Waals surface area contributed by atoms with Crippen LogP contribution in [0.2, 0.25) is 0 Å². The lowest BCUT2D eigenvalue weighted by atomic mass is 10.1. The summed E-state index contributed by atoms with van der Waals surface area (Å²) in [5.41, 5.74) is 0. The molecule has 0 aromatic carbocycles. The summed E-state index contributed by atoms with van der Waals surface area (Å²) in [6, 6.07) is 0. The van der Waals surface area contributed by atoms with E-state index in [1.165, 1.54) is 25.7 Å². The van der Waals surface area contributed by atoms with E-state index in [2.05, 4.69) is 26.0 Å². The monoisotopic (exact) mass is 341 g/mol. The second kappa shape index (κ2) is 17.2. The maximum absolute atomic E-state index is 10.1. The molecule has 0 spiro atoms. The van der Waals surface area contributed by atoms with Crippen molar-refractivity contribution in [1.82, 2.24) is 4.90 Å². The molecule has 0 saturated carbocycles. The van der Waals surface area contributed by atoms with E-state index in [4.69, 9.17) is 0 Å². The average Bonchev–Trinajstić information content (AvgIpc) is 2.54. The Hall–Kier alpha value is -0.680. The van der Waals surface area contributed by atoms with Crippen LogP contribution < -0.4 is 0 Å². The number of hydrogen-bond acceptors (Lipinski definition) is 4. The van der Waals surface area contributed by atoms with Gasteiger partial charge in [0.1, 0.15) is 0 Å². The number of aliphatic hydroxyl groups excluding tert-OH is 3. The first-order chi connectivity index (χ1) is 11.6. The second-order valence-corrected chi connectivity index (χ2v) is 6.49. The van der Waals surface area contributed by atoms with Gasteiger partial charge in [-0.1, -0.05) is 63.8 Å². The Morgan fingerprint density at radius 1 is 0.792 bits per heavy atom. The smallest absolute Gasteiger partial charge is 0.0701 e. The molecule has 0 rings (SSSR count). The molecule has 0 radical (unpaired) electrons. The van der Waals surface area contributed by atoms with Crippen LogP contribution in [0.5, 0.6) is 0 Å². The van der Waals surface area contributed by atoms with Crippen LogP contribution in [0, 0.1) is 0 Å². The van der Waals surface area contributed by atoms with Crippen molar-refractivity contribution in [2.75, 3.05) is 26.2 Å². The lowest BCUT2D eigenvalue weighted by molar-refractivity contribution is 0.0617. The molecule has 0 aliphatic heterocycles. The Balaban J connectivity index is 4.08. The van der Waals surface area contributed by atoms with Crippen LogP contribution in [0.3, 0.4) is 0 Å². The Kier molecular flexibility index (Phi) is 16.7. The number of hydrogen-bond donors (Lipinski definition) is 3. The first-order valence-corrected chi connectivity index (χ1v) is 9.63. The van der Waals surface area contributed by atoms with Crippen LogP contribution in [0.15, 0.2) is 24.3 Å².